The van der Waals surface area contributed by atoms with Crippen LogP contribution in [-0.4, -0.2) is 3.21 Å². The number of unbranched alkanes of at least 4 members (excludes halogenated alkanes) is 4. The fourth-order valence-corrected chi connectivity index (χ4v) is 21.0. The van der Waals surface area contributed by atoms with Crippen molar-refractivity contribution in [1.82, 2.24) is 0 Å². The topological polar surface area (TPSA) is 0 Å². The van der Waals surface area contributed by atoms with Gasteiger partial charge in [-0.2, -0.15) is 0 Å². The standard InChI is InChI=1S/2C14H17.C3H6.2ClH.Zr/c2*1-2-3-4-7-12-10-11-13-8-5-6-9-14(12)13;1-3-2;;;/h2*5-6,8-11H,2-4,7H2,1H3;1-2H3;2*1H;/q;;;;;+2/p-2. The van der Waals surface area contributed by atoms with Gasteiger partial charge in [-0.3, -0.25) is 0 Å². The maximum atomic E-state index is 8.10. The fraction of sp³-hybridized carbons (Fsp3) is 0.452. The van der Waals surface area contributed by atoms with E-state index in [-0.39, 0.29) is 7.25 Å². The van der Waals surface area contributed by atoms with E-state index in [0.29, 0.717) is 0 Å². The normalized spacial score (nSPS) is 19.5. The summed E-state index contributed by atoms with van der Waals surface area (Å²) in [6.07, 6.45) is 14.7. The molecule has 2 aromatic rings. The molecule has 0 aromatic heterocycles. The second kappa shape index (κ2) is 10.7. The molecule has 0 heterocycles. The average molecular weight is 575 g/mol. The number of allylic oxidation sites excluding steroid dienone is 4. The van der Waals surface area contributed by atoms with E-state index >= 15 is 0 Å². The van der Waals surface area contributed by atoms with Crippen molar-refractivity contribution < 1.29 is 15.9 Å². The zero-order valence-electron chi connectivity index (χ0n) is 21.3. The molecular formula is C31H40Cl2Zr. The first-order valence-electron chi connectivity index (χ1n) is 13.3. The molecule has 2 unspecified atom stereocenters. The van der Waals surface area contributed by atoms with Crippen molar-refractivity contribution in [2.75, 3.05) is 0 Å². The van der Waals surface area contributed by atoms with Crippen molar-refractivity contribution in [1.29, 1.82) is 0 Å². The molecule has 3 heteroatoms. The molecule has 182 valence electrons. The Morgan fingerprint density at radius 2 is 1.09 bits per heavy atom. The summed E-state index contributed by atoms with van der Waals surface area (Å²) in [5, 5.41) is 0. The summed E-state index contributed by atoms with van der Waals surface area (Å²) in [7, 11) is 16.2. The Morgan fingerprint density at radius 3 is 1.47 bits per heavy atom. The first kappa shape index (κ1) is 26.3. The van der Waals surface area contributed by atoms with Crippen LogP contribution in [0.4, 0.5) is 0 Å². The average Bonchev–Trinajstić information content (AvgIpc) is 3.40. The Hall–Kier alpha value is -0.747. The second-order valence-corrected chi connectivity index (χ2v) is 32.5. The van der Waals surface area contributed by atoms with E-state index in [9.17, 15) is 0 Å². The molecule has 0 saturated carbocycles. The quantitative estimate of drug-likeness (QED) is 0.248. The van der Waals surface area contributed by atoms with E-state index < -0.39 is 15.9 Å². The third-order valence-electron chi connectivity index (χ3n) is 8.21. The van der Waals surface area contributed by atoms with E-state index in [1.807, 2.05) is 0 Å². The maximum absolute atomic E-state index is 8.10. The molecule has 2 atom stereocenters. The van der Waals surface area contributed by atoms with Crippen molar-refractivity contribution in [2.24, 2.45) is 0 Å². The molecule has 0 amide bonds. The molecule has 34 heavy (non-hydrogen) atoms. The van der Waals surface area contributed by atoms with E-state index in [4.69, 9.17) is 17.0 Å². The molecule has 2 aliphatic carbocycles. The van der Waals surface area contributed by atoms with Crippen molar-refractivity contribution in [3.63, 3.8) is 0 Å². The van der Waals surface area contributed by atoms with Gasteiger partial charge in [0.2, 0.25) is 0 Å². The van der Waals surface area contributed by atoms with Gasteiger partial charge in [0.15, 0.2) is 0 Å². The van der Waals surface area contributed by atoms with Gasteiger partial charge in [-0.15, -0.1) is 0 Å². The fourth-order valence-electron chi connectivity index (χ4n) is 6.14. The van der Waals surface area contributed by atoms with Gasteiger partial charge in [-0.25, -0.2) is 0 Å². The first-order chi connectivity index (χ1) is 16.3. The summed E-state index contributed by atoms with van der Waals surface area (Å²) in [5.74, 6) is 0. The van der Waals surface area contributed by atoms with Crippen LogP contribution in [0.15, 0.2) is 60.7 Å². The Bertz CT molecular complexity index is 1090. The minimum atomic E-state index is -4.63. The zero-order chi connectivity index (χ0) is 24.4. The zero-order valence-corrected chi connectivity index (χ0v) is 25.3. The van der Waals surface area contributed by atoms with E-state index in [0.717, 1.165) is 12.8 Å². The summed E-state index contributed by atoms with van der Waals surface area (Å²) in [6.45, 7) is 8.96. The molecule has 0 bridgehead atoms. The van der Waals surface area contributed by atoms with Crippen molar-refractivity contribution in [3.8, 4) is 0 Å². The minimum absolute atomic E-state index is 0.117. The predicted molar refractivity (Wildman–Crippen MR) is 151 cm³/mol. The van der Waals surface area contributed by atoms with Crippen LogP contribution in [0.2, 0.25) is 0 Å². The Morgan fingerprint density at radius 1 is 0.676 bits per heavy atom. The van der Waals surface area contributed by atoms with E-state index in [1.54, 1.807) is 0 Å². The van der Waals surface area contributed by atoms with Crippen LogP contribution in [0, 0.1) is 0 Å². The van der Waals surface area contributed by atoms with Crippen LogP contribution in [0.1, 0.15) is 109 Å². The van der Waals surface area contributed by atoms with Crippen LogP contribution >= 0.6 is 17.0 Å². The molecular weight excluding hydrogens is 534 g/mol. The molecule has 0 N–H and O–H groups in total. The van der Waals surface area contributed by atoms with Crippen LogP contribution in [0.5, 0.6) is 0 Å². The summed E-state index contributed by atoms with van der Waals surface area (Å²) in [6, 6.07) is 17.8. The summed E-state index contributed by atoms with van der Waals surface area (Å²) < 4.78 is 1.50. The summed E-state index contributed by atoms with van der Waals surface area (Å²) >= 11 is -4.63. The number of hydrogen-bond acceptors (Lipinski definition) is 0. The van der Waals surface area contributed by atoms with Gasteiger partial charge in [0.1, 0.15) is 0 Å². The molecule has 2 aliphatic rings. The Kier molecular flexibility index (Phi) is 8.29. The van der Waals surface area contributed by atoms with Crippen LogP contribution in [-0.2, 0) is 15.9 Å². The third kappa shape index (κ3) is 4.55. The van der Waals surface area contributed by atoms with Crippen molar-refractivity contribution in [3.05, 3.63) is 82.9 Å². The van der Waals surface area contributed by atoms with E-state index in [1.165, 1.54) is 75.1 Å². The number of benzene rings is 2. The van der Waals surface area contributed by atoms with Crippen LogP contribution < -0.4 is 0 Å². The summed E-state index contributed by atoms with van der Waals surface area (Å²) in [4.78, 5) is 0. The molecule has 4 rings (SSSR count). The monoisotopic (exact) mass is 572 g/mol. The van der Waals surface area contributed by atoms with Crippen LogP contribution in [0.3, 0.4) is 0 Å². The molecule has 0 nitrogen and oxygen atoms in total. The molecule has 0 spiro atoms. The number of fused-ring (bicyclic) bond motifs is 2. The Labute approximate surface area is 215 Å². The van der Waals surface area contributed by atoms with Gasteiger partial charge in [0.25, 0.3) is 0 Å². The van der Waals surface area contributed by atoms with Gasteiger partial charge in [-0.05, 0) is 0 Å². The third-order valence-corrected chi connectivity index (χ3v) is 30.9. The van der Waals surface area contributed by atoms with Crippen molar-refractivity contribution in [2.45, 2.75) is 86.3 Å². The van der Waals surface area contributed by atoms with Gasteiger partial charge < -0.3 is 0 Å². The van der Waals surface area contributed by atoms with Gasteiger partial charge in [-0.1, -0.05) is 0 Å². The molecule has 0 saturated heterocycles. The number of rotatable bonds is 10. The molecule has 0 fully saturated rings. The van der Waals surface area contributed by atoms with Crippen molar-refractivity contribution >= 4 is 31.4 Å². The van der Waals surface area contributed by atoms with Gasteiger partial charge >= 0.3 is 217 Å². The van der Waals surface area contributed by atoms with Gasteiger partial charge in [0, 0.05) is 0 Å². The number of hydrogen-bond donors (Lipinski definition) is 0. The number of halogens is 2. The first-order valence-corrected chi connectivity index (χ1v) is 23.7. The van der Waals surface area contributed by atoms with E-state index in [2.05, 4.69) is 88.4 Å². The SMILES string of the molecule is CCCCCC1=C[CH]([Zr]([Cl])([Cl])(=[C](C)C)[CH]2C=C(CCCCC)c3ccccc32)c2ccccc21. The second-order valence-electron chi connectivity index (χ2n) is 10.6. The molecule has 0 aliphatic heterocycles. The molecule has 0 radical (unpaired) electrons. The summed E-state index contributed by atoms with van der Waals surface area (Å²) in [5.41, 5.74) is 8.38. The Balaban J connectivity index is 1.86. The predicted octanol–water partition coefficient (Wildman–Crippen LogP) is 10.6. The van der Waals surface area contributed by atoms with Crippen LogP contribution in [0.25, 0.3) is 11.1 Å². The van der Waals surface area contributed by atoms with Gasteiger partial charge in [0.05, 0.1) is 0 Å². The molecule has 2 aromatic carbocycles.